The second-order valence-electron chi connectivity index (χ2n) is 6.55. The van der Waals surface area contributed by atoms with Crippen LogP contribution in [0.4, 0.5) is 5.69 Å². The van der Waals surface area contributed by atoms with Crippen LogP contribution in [0.2, 0.25) is 0 Å². The van der Waals surface area contributed by atoms with E-state index in [0.717, 1.165) is 6.26 Å². The topological polar surface area (TPSA) is 97.6 Å². The first-order valence-corrected chi connectivity index (χ1v) is 10.5. The Morgan fingerprint density at radius 1 is 1.18 bits per heavy atom. The fourth-order valence-electron chi connectivity index (χ4n) is 3.12. The first kappa shape index (κ1) is 19.8. The van der Waals surface area contributed by atoms with Gasteiger partial charge in [0.2, 0.25) is 10.0 Å². The smallest absolute Gasteiger partial charge is 0.255 e. The lowest BCUT2D eigenvalue weighted by atomic mass is 10.0. The van der Waals surface area contributed by atoms with Gasteiger partial charge in [0.25, 0.3) is 5.91 Å². The first-order chi connectivity index (χ1) is 13.2. The molecule has 28 heavy (non-hydrogen) atoms. The Morgan fingerprint density at radius 3 is 2.57 bits per heavy atom. The monoisotopic (exact) mass is 402 g/mol. The number of carbonyl (C=O) groups excluding carboxylic acids is 1. The molecule has 0 saturated heterocycles. The Hall–Kier alpha value is -3.00. The maximum absolute atomic E-state index is 13.0. The molecule has 1 atom stereocenters. The number of rotatable bonds is 6. The average Bonchev–Trinajstić information content (AvgIpc) is 2.95. The zero-order valence-corrected chi connectivity index (χ0v) is 16.9. The fourth-order valence-corrected chi connectivity index (χ4v) is 3.71. The standard InChI is InChI=1S/C20H22N2O5S/c1-12(15-7-5-6-8-17(15)22-28(4,24)25)21-20(23)19-13(2)27-18-10-9-14(26-3)11-16(18)19/h5-12,22H,1-4H3,(H,21,23). The number of aryl methyl sites for hydroxylation is 1. The summed E-state index contributed by atoms with van der Waals surface area (Å²) in [7, 11) is -1.88. The van der Waals surface area contributed by atoms with Gasteiger partial charge in [-0.2, -0.15) is 0 Å². The molecular weight excluding hydrogens is 380 g/mol. The molecule has 2 aromatic carbocycles. The maximum Gasteiger partial charge on any atom is 0.255 e. The lowest BCUT2D eigenvalue weighted by molar-refractivity contribution is 0.0940. The van der Waals surface area contributed by atoms with Gasteiger partial charge in [-0.1, -0.05) is 18.2 Å². The Labute approximate surface area is 163 Å². The number of carbonyl (C=O) groups is 1. The summed E-state index contributed by atoms with van der Waals surface area (Å²) in [6.45, 7) is 3.52. The summed E-state index contributed by atoms with van der Waals surface area (Å²) in [4.78, 5) is 13.0. The molecule has 3 aromatic rings. The van der Waals surface area contributed by atoms with Gasteiger partial charge in [0.05, 0.1) is 30.7 Å². The van der Waals surface area contributed by atoms with Crippen molar-refractivity contribution in [3.05, 3.63) is 59.4 Å². The Balaban J connectivity index is 1.92. The number of amides is 1. The summed E-state index contributed by atoms with van der Waals surface area (Å²) in [5, 5.41) is 3.58. The highest BCUT2D eigenvalue weighted by molar-refractivity contribution is 7.92. The van der Waals surface area contributed by atoms with E-state index in [1.807, 2.05) is 0 Å². The van der Waals surface area contributed by atoms with Crippen molar-refractivity contribution < 1.29 is 22.4 Å². The van der Waals surface area contributed by atoms with Crippen LogP contribution in [0.5, 0.6) is 5.75 Å². The number of anilines is 1. The van der Waals surface area contributed by atoms with E-state index in [-0.39, 0.29) is 5.91 Å². The van der Waals surface area contributed by atoms with E-state index in [9.17, 15) is 13.2 Å². The second-order valence-corrected chi connectivity index (χ2v) is 8.30. The minimum atomic E-state index is -3.44. The van der Waals surface area contributed by atoms with Crippen LogP contribution < -0.4 is 14.8 Å². The molecule has 1 unspecified atom stereocenters. The number of fused-ring (bicyclic) bond motifs is 1. The van der Waals surface area contributed by atoms with Gasteiger partial charge >= 0.3 is 0 Å². The molecule has 0 fully saturated rings. The van der Waals surface area contributed by atoms with E-state index in [1.54, 1.807) is 63.4 Å². The van der Waals surface area contributed by atoms with Crippen molar-refractivity contribution in [2.24, 2.45) is 0 Å². The summed E-state index contributed by atoms with van der Waals surface area (Å²) in [5.74, 6) is 0.805. The van der Waals surface area contributed by atoms with E-state index in [0.29, 0.717) is 39.3 Å². The largest absolute Gasteiger partial charge is 0.497 e. The number of methoxy groups -OCH3 is 1. The van der Waals surface area contributed by atoms with Crippen LogP contribution in [0.25, 0.3) is 11.0 Å². The van der Waals surface area contributed by atoms with Crippen LogP contribution >= 0.6 is 0 Å². The molecular formula is C20H22N2O5S. The van der Waals surface area contributed by atoms with Crippen LogP contribution in [0.3, 0.4) is 0 Å². The Bertz CT molecular complexity index is 1130. The number of nitrogens with one attached hydrogen (secondary N) is 2. The van der Waals surface area contributed by atoms with Crippen LogP contribution in [0.1, 0.15) is 34.6 Å². The zero-order chi connectivity index (χ0) is 20.5. The molecule has 148 valence electrons. The molecule has 0 saturated carbocycles. The number of ether oxygens (including phenoxy) is 1. The van der Waals surface area contributed by atoms with E-state index in [2.05, 4.69) is 10.0 Å². The number of benzene rings is 2. The summed E-state index contributed by atoms with van der Waals surface area (Å²) >= 11 is 0. The van der Waals surface area contributed by atoms with Crippen molar-refractivity contribution >= 4 is 32.6 Å². The van der Waals surface area contributed by atoms with E-state index in [1.165, 1.54) is 0 Å². The van der Waals surface area contributed by atoms with Crippen LogP contribution in [0, 0.1) is 6.92 Å². The number of sulfonamides is 1. The summed E-state index contributed by atoms with van der Waals surface area (Å²) in [5.41, 5.74) is 2.10. The van der Waals surface area contributed by atoms with Gasteiger partial charge in [0.1, 0.15) is 17.1 Å². The maximum atomic E-state index is 13.0. The predicted octanol–water partition coefficient (Wildman–Crippen LogP) is 3.61. The number of para-hydroxylation sites is 1. The predicted molar refractivity (Wildman–Crippen MR) is 108 cm³/mol. The third-order valence-corrected chi connectivity index (χ3v) is 4.96. The van der Waals surface area contributed by atoms with Crippen LogP contribution in [-0.2, 0) is 10.0 Å². The molecule has 0 spiro atoms. The molecule has 0 aliphatic heterocycles. The van der Waals surface area contributed by atoms with Gasteiger partial charge < -0.3 is 14.5 Å². The number of furan rings is 1. The highest BCUT2D eigenvalue weighted by Crippen LogP contribution is 2.30. The summed E-state index contributed by atoms with van der Waals surface area (Å²) < 4.78 is 36.6. The van der Waals surface area contributed by atoms with Crippen molar-refractivity contribution in [3.63, 3.8) is 0 Å². The van der Waals surface area contributed by atoms with Crippen molar-refractivity contribution in [3.8, 4) is 5.75 Å². The minimum Gasteiger partial charge on any atom is -0.497 e. The summed E-state index contributed by atoms with van der Waals surface area (Å²) in [6, 6.07) is 11.8. The third-order valence-electron chi connectivity index (χ3n) is 4.37. The first-order valence-electron chi connectivity index (χ1n) is 8.64. The van der Waals surface area contributed by atoms with Gasteiger partial charge in [0, 0.05) is 5.39 Å². The molecule has 0 bridgehead atoms. The van der Waals surface area contributed by atoms with Crippen molar-refractivity contribution in [1.82, 2.24) is 5.32 Å². The van der Waals surface area contributed by atoms with Gasteiger partial charge in [0.15, 0.2) is 0 Å². The van der Waals surface area contributed by atoms with Crippen molar-refractivity contribution in [2.45, 2.75) is 19.9 Å². The van der Waals surface area contributed by atoms with Gasteiger partial charge in [-0.15, -0.1) is 0 Å². The molecule has 1 aromatic heterocycles. The van der Waals surface area contributed by atoms with Gasteiger partial charge in [-0.05, 0) is 43.7 Å². The molecule has 7 nitrogen and oxygen atoms in total. The van der Waals surface area contributed by atoms with Crippen molar-refractivity contribution in [2.75, 3.05) is 18.1 Å². The average molecular weight is 402 g/mol. The molecule has 0 aliphatic rings. The molecule has 3 rings (SSSR count). The van der Waals surface area contributed by atoms with Crippen molar-refractivity contribution in [1.29, 1.82) is 0 Å². The Morgan fingerprint density at radius 2 is 1.89 bits per heavy atom. The molecule has 0 aliphatic carbocycles. The molecule has 2 N–H and O–H groups in total. The van der Waals surface area contributed by atoms with Gasteiger partial charge in [-0.3, -0.25) is 9.52 Å². The lowest BCUT2D eigenvalue weighted by Gasteiger charge is -2.18. The third kappa shape index (κ3) is 4.12. The molecule has 1 amide bonds. The number of hydrogen-bond acceptors (Lipinski definition) is 5. The SMILES string of the molecule is COc1ccc2oc(C)c(C(=O)NC(C)c3ccccc3NS(C)(=O)=O)c2c1. The minimum absolute atomic E-state index is 0.314. The van der Waals surface area contributed by atoms with Gasteiger partial charge in [-0.25, -0.2) is 8.42 Å². The Kier molecular flexibility index (Phi) is 5.33. The van der Waals surface area contributed by atoms with E-state index >= 15 is 0 Å². The molecule has 8 heteroatoms. The summed E-state index contributed by atoms with van der Waals surface area (Å²) in [6.07, 6.45) is 1.08. The molecule has 0 radical (unpaired) electrons. The normalized spacial score (nSPS) is 12.6. The number of hydrogen-bond donors (Lipinski definition) is 2. The highest BCUT2D eigenvalue weighted by Gasteiger charge is 2.22. The van der Waals surface area contributed by atoms with E-state index in [4.69, 9.17) is 9.15 Å². The highest BCUT2D eigenvalue weighted by atomic mass is 32.2. The van der Waals surface area contributed by atoms with E-state index < -0.39 is 16.1 Å². The molecule has 1 heterocycles. The quantitative estimate of drug-likeness (QED) is 0.656. The lowest BCUT2D eigenvalue weighted by Crippen LogP contribution is -2.28. The zero-order valence-electron chi connectivity index (χ0n) is 16.1. The fraction of sp³-hybridized carbons (Fsp3) is 0.250. The van der Waals surface area contributed by atoms with Crippen LogP contribution in [-0.4, -0.2) is 27.7 Å². The van der Waals surface area contributed by atoms with Crippen LogP contribution in [0.15, 0.2) is 46.9 Å². The second kappa shape index (κ2) is 7.55.